The predicted molar refractivity (Wildman–Crippen MR) is 77.6 cm³/mol. The number of aromatic hydroxyl groups is 1. The average Bonchev–Trinajstić information content (AvgIpc) is 2.22. The molecule has 0 fully saturated rings. The molecule has 0 aromatic heterocycles. The van der Waals surface area contributed by atoms with Crippen molar-refractivity contribution in [3.63, 3.8) is 0 Å². The molecule has 0 radical (unpaired) electrons. The SMILES string of the molecule is CC(CO)NC(=O)c1cc(I)cc(I)c1O. The molecule has 6 heteroatoms. The molecule has 1 rings (SSSR count). The first kappa shape index (κ1) is 14.0. The molecule has 1 amide bonds. The molecule has 0 aliphatic rings. The Kier molecular flexibility index (Phi) is 5.25. The van der Waals surface area contributed by atoms with Gasteiger partial charge in [0.1, 0.15) is 5.75 Å². The summed E-state index contributed by atoms with van der Waals surface area (Å²) in [6.45, 7) is 1.56. The number of hydrogen-bond acceptors (Lipinski definition) is 3. The highest BCUT2D eigenvalue weighted by Crippen LogP contribution is 2.26. The van der Waals surface area contributed by atoms with E-state index in [1.165, 1.54) is 0 Å². The molecule has 1 atom stereocenters. The zero-order valence-corrected chi connectivity index (χ0v) is 12.8. The van der Waals surface area contributed by atoms with Crippen LogP contribution in [0.2, 0.25) is 0 Å². The summed E-state index contributed by atoms with van der Waals surface area (Å²) in [5.74, 6) is -0.404. The minimum Gasteiger partial charge on any atom is -0.506 e. The number of phenols is 1. The van der Waals surface area contributed by atoms with Crippen LogP contribution in [0.3, 0.4) is 0 Å². The van der Waals surface area contributed by atoms with Gasteiger partial charge < -0.3 is 15.5 Å². The third kappa shape index (κ3) is 3.45. The van der Waals surface area contributed by atoms with E-state index in [1.807, 2.05) is 22.6 Å². The zero-order chi connectivity index (χ0) is 12.3. The standard InChI is InChI=1S/C10H11I2NO3/c1-5(4-14)13-10(16)7-2-6(11)3-8(12)9(7)15/h2-3,5,14-15H,4H2,1H3,(H,13,16). The normalized spacial score (nSPS) is 12.2. The van der Waals surface area contributed by atoms with Gasteiger partial charge in [0.15, 0.2) is 0 Å². The number of benzene rings is 1. The van der Waals surface area contributed by atoms with E-state index in [9.17, 15) is 9.90 Å². The van der Waals surface area contributed by atoms with Gasteiger partial charge in [-0.1, -0.05) is 0 Å². The fourth-order valence-corrected chi connectivity index (χ4v) is 2.93. The number of rotatable bonds is 3. The Morgan fingerprint density at radius 3 is 2.69 bits per heavy atom. The quantitative estimate of drug-likeness (QED) is 0.619. The van der Waals surface area contributed by atoms with Crippen molar-refractivity contribution in [1.82, 2.24) is 5.32 Å². The monoisotopic (exact) mass is 447 g/mol. The van der Waals surface area contributed by atoms with Gasteiger partial charge in [-0.15, -0.1) is 0 Å². The number of nitrogens with one attached hydrogen (secondary N) is 1. The third-order valence-electron chi connectivity index (χ3n) is 1.92. The molecular weight excluding hydrogens is 436 g/mol. The summed E-state index contributed by atoms with van der Waals surface area (Å²) in [4.78, 5) is 11.8. The summed E-state index contributed by atoms with van der Waals surface area (Å²) in [6, 6.07) is 3.06. The molecule has 88 valence electrons. The lowest BCUT2D eigenvalue weighted by atomic mass is 10.2. The molecule has 0 saturated heterocycles. The number of phenolic OH excluding ortho intramolecular Hbond substituents is 1. The summed E-state index contributed by atoms with van der Waals surface area (Å²) < 4.78 is 1.51. The Morgan fingerprint density at radius 1 is 1.50 bits per heavy atom. The Morgan fingerprint density at radius 2 is 2.12 bits per heavy atom. The maximum Gasteiger partial charge on any atom is 0.255 e. The van der Waals surface area contributed by atoms with Crippen LogP contribution in [-0.2, 0) is 0 Å². The summed E-state index contributed by atoms with van der Waals surface area (Å²) in [6.07, 6.45) is 0. The van der Waals surface area contributed by atoms with E-state index >= 15 is 0 Å². The molecule has 1 aromatic rings. The van der Waals surface area contributed by atoms with Crippen LogP contribution in [0.15, 0.2) is 12.1 Å². The number of aliphatic hydroxyl groups is 1. The lowest BCUT2D eigenvalue weighted by molar-refractivity contribution is 0.0919. The minimum atomic E-state index is -0.379. The van der Waals surface area contributed by atoms with Gasteiger partial charge in [-0.2, -0.15) is 0 Å². The van der Waals surface area contributed by atoms with Crippen molar-refractivity contribution in [1.29, 1.82) is 0 Å². The number of carbonyl (C=O) groups excluding carboxylic acids is 1. The second-order valence-electron chi connectivity index (χ2n) is 3.34. The molecule has 1 aromatic carbocycles. The first-order valence-electron chi connectivity index (χ1n) is 4.55. The highest BCUT2D eigenvalue weighted by Gasteiger charge is 2.16. The van der Waals surface area contributed by atoms with Crippen molar-refractivity contribution < 1.29 is 15.0 Å². The predicted octanol–water partition coefficient (Wildman–Crippen LogP) is 1.71. The largest absolute Gasteiger partial charge is 0.506 e. The molecule has 0 bridgehead atoms. The molecule has 0 heterocycles. The van der Waals surface area contributed by atoms with Gasteiger partial charge in [0, 0.05) is 9.61 Å². The lowest BCUT2D eigenvalue weighted by Gasteiger charge is -2.12. The Labute approximate surface area is 121 Å². The Balaban J connectivity index is 2.99. The van der Waals surface area contributed by atoms with Crippen LogP contribution in [0.5, 0.6) is 5.75 Å². The summed E-state index contributed by atoms with van der Waals surface area (Å²) in [5, 5.41) is 21.2. The topological polar surface area (TPSA) is 69.6 Å². The molecule has 0 saturated carbocycles. The molecule has 0 spiro atoms. The molecule has 3 N–H and O–H groups in total. The highest BCUT2D eigenvalue weighted by molar-refractivity contribution is 14.1. The molecule has 1 unspecified atom stereocenters. The van der Waals surface area contributed by atoms with E-state index in [-0.39, 0.29) is 29.9 Å². The number of halogens is 2. The van der Waals surface area contributed by atoms with Crippen LogP contribution in [0.4, 0.5) is 0 Å². The van der Waals surface area contributed by atoms with E-state index in [1.54, 1.807) is 19.1 Å². The maximum atomic E-state index is 11.8. The summed E-state index contributed by atoms with van der Waals surface area (Å²) in [7, 11) is 0. The number of aliphatic hydroxyl groups excluding tert-OH is 1. The molecular formula is C10H11I2NO3. The van der Waals surface area contributed by atoms with Crippen LogP contribution in [-0.4, -0.2) is 28.8 Å². The highest BCUT2D eigenvalue weighted by atomic mass is 127. The number of hydrogen-bond donors (Lipinski definition) is 3. The first-order chi connectivity index (χ1) is 7.45. The second kappa shape index (κ2) is 6.01. The Bertz CT molecular complexity index is 409. The van der Waals surface area contributed by atoms with Crippen molar-refractivity contribution in [3.8, 4) is 5.75 Å². The van der Waals surface area contributed by atoms with E-state index in [0.29, 0.717) is 3.57 Å². The van der Waals surface area contributed by atoms with Crippen molar-refractivity contribution in [2.45, 2.75) is 13.0 Å². The van der Waals surface area contributed by atoms with E-state index in [2.05, 4.69) is 27.9 Å². The second-order valence-corrected chi connectivity index (χ2v) is 5.75. The lowest BCUT2D eigenvalue weighted by Crippen LogP contribution is -2.35. The van der Waals surface area contributed by atoms with Crippen LogP contribution < -0.4 is 5.32 Å². The zero-order valence-electron chi connectivity index (χ0n) is 8.50. The van der Waals surface area contributed by atoms with Crippen molar-refractivity contribution in [2.24, 2.45) is 0 Å². The van der Waals surface area contributed by atoms with Gasteiger partial charge in [-0.05, 0) is 64.2 Å². The maximum absolute atomic E-state index is 11.8. The van der Waals surface area contributed by atoms with Gasteiger partial charge >= 0.3 is 0 Å². The number of amides is 1. The van der Waals surface area contributed by atoms with Gasteiger partial charge in [0.25, 0.3) is 5.91 Å². The molecule has 4 nitrogen and oxygen atoms in total. The van der Waals surface area contributed by atoms with Crippen LogP contribution in [0.25, 0.3) is 0 Å². The number of carbonyl (C=O) groups is 1. The Hall–Kier alpha value is -0.0900. The van der Waals surface area contributed by atoms with Gasteiger partial charge in [0.05, 0.1) is 15.7 Å². The van der Waals surface area contributed by atoms with E-state index in [4.69, 9.17) is 5.11 Å². The minimum absolute atomic E-state index is 0.0244. The first-order valence-corrected chi connectivity index (χ1v) is 6.71. The van der Waals surface area contributed by atoms with Crippen molar-refractivity contribution >= 4 is 51.1 Å². The average molecular weight is 447 g/mol. The fraction of sp³-hybridized carbons (Fsp3) is 0.300. The van der Waals surface area contributed by atoms with Crippen molar-refractivity contribution in [3.05, 3.63) is 24.8 Å². The van der Waals surface area contributed by atoms with Crippen LogP contribution in [0.1, 0.15) is 17.3 Å². The van der Waals surface area contributed by atoms with Crippen molar-refractivity contribution in [2.75, 3.05) is 6.61 Å². The van der Waals surface area contributed by atoms with E-state index < -0.39 is 0 Å². The third-order valence-corrected chi connectivity index (χ3v) is 3.37. The van der Waals surface area contributed by atoms with E-state index in [0.717, 1.165) is 3.57 Å². The smallest absolute Gasteiger partial charge is 0.255 e. The summed E-state index contributed by atoms with van der Waals surface area (Å²) in [5.41, 5.74) is 0.233. The van der Waals surface area contributed by atoms with Crippen LogP contribution >= 0.6 is 45.2 Å². The summed E-state index contributed by atoms with van der Waals surface area (Å²) >= 11 is 4.05. The van der Waals surface area contributed by atoms with Gasteiger partial charge in [-0.3, -0.25) is 4.79 Å². The van der Waals surface area contributed by atoms with Gasteiger partial charge in [-0.25, -0.2) is 0 Å². The fourth-order valence-electron chi connectivity index (χ4n) is 1.09. The molecule has 0 aliphatic carbocycles. The van der Waals surface area contributed by atoms with Crippen LogP contribution in [0, 0.1) is 7.14 Å². The molecule has 16 heavy (non-hydrogen) atoms. The van der Waals surface area contributed by atoms with Gasteiger partial charge in [0.2, 0.25) is 0 Å². The molecule has 0 aliphatic heterocycles.